The summed E-state index contributed by atoms with van der Waals surface area (Å²) >= 11 is 0. The number of nitrogens with two attached hydrogens (primary N) is 1. The predicted molar refractivity (Wildman–Crippen MR) is 109 cm³/mol. The highest BCUT2D eigenvalue weighted by Gasteiger charge is 2.30. The van der Waals surface area contributed by atoms with Gasteiger partial charge in [0.1, 0.15) is 5.69 Å². The fourth-order valence-corrected chi connectivity index (χ4v) is 4.18. The number of carbonyl (C=O) groups excluding carboxylic acids is 1. The van der Waals surface area contributed by atoms with Gasteiger partial charge in [-0.05, 0) is 60.8 Å². The second kappa shape index (κ2) is 7.47. The number of aromatic nitrogens is 2. The molecule has 4 rings (SSSR count). The molecule has 0 amide bonds. The Balaban J connectivity index is 2.00. The SMILES string of the molecule is CCOC(=O)c1nn(-c2cccc(S(N)(=O)=O)c2)c2c1CCc1ccc(N=O)cc1-2. The third kappa shape index (κ3) is 3.40. The monoisotopic (exact) mass is 426 g/mol. The van der Waals surface area contributed by atoms with Crippen molar-refractivity contribution in [1.82, 2.24) is 9.78 Å². The first-order chi connectivity index (χ1) is 14.3. The maximum absolute atomic E-state index is 12.5. The van der Waals surface area contributed by atoms with Gasteiger partial charge in [0.15, 0.2) is 5.69 Å². The summed E-state index contributed by atoms with van der Waals surface area (Å²) in [7, 11) is -3.93. The summed E-state index contributed by atoms with van der Waals surface area (Å²) in [4.78, 5) is 23.5. The molecule has 1 aliphatic carbocycles. The molecule has 0 saturated carbocycles. The number of sulfonamides is 1. The van der Waals surface area contributed by atoms with Crippen molar-refractivity contribution >= 4 is 21.7 Å². The molecule has 1 aromatic heterocycles. The summed E-state index contributed by atoms with van der Waals surface area (Å²) in [5.41, 5.74) is 3.74. The van der Waals surface area contributed by atoms with Crippen LogP contribution in [0, 0.1) is 4.91 Å². The second-order valence-corrected chi connectivity index (χ2v) is 8.34. The first-order valence-corrected chi connectivity index (χ1v) is 10.8. The molecule has 0 unspecified atom stereocenters. The topological polar surface area (TPSA) is 134 Å². The number of hydrogen-bond acceptors (Lipinski definition) is 7. The number of carbonyl (C=O) groups is 1. The summed E-state index contributed by atoms with van der Waals surface area (Å²) in [6.45, 7) is 1.89. The van der Waals surface area contributed by atoms with Crippen LogP contribution in [0.2, 0.25) is 0 Å². The predicted octanol–water partition coefficient (Wildman–Crippen LogP) is 2.86. The summed E-state index contributed by atoms with van der Waals surface area (Å²) < 4.78 is 30.3. The molecule has 0 aliphatic heterocycles. The lowest BCUT2D eigenvalue weighted by Crippen LogP contribution is -2.13. The standard InChI is InChI=1S/C20H18N4O5S/c1-2-29-20(25)18-16-9-7-12-6-8-13(23-26)10-17(12)19(16)24(22-18)14-4-3-5-15(11-14)30(21,27)28/h3-6,8,10-11H,2,7,9H2,1H3,(H2,21,27,28). The minimum absolute atomic E-state index is 0.0822. The van der Waals surface area contributed by atoms with Gasteiger partial charge in [-0.1, -0.05) is 12.1 Å². The van der Waals surface area contributed by atoms with Gasteiger partial charge in [-0.3, -0.25) is 0 Å². The van der Waals surface area contributed by atoms with E-state index in [9.17, 15) is 18.1 Å². The highest BCUT2D eigenvalue weighted by atomic mass is 32.2. The van der Waals surface area contributed by atoms with Crippen LogP contribution in [-0.4, -0.2) is 30.8 Å². The van der Waals surface area contributed by atoms with Crippen LogP contribution in [0.3, 0.4) is 0 Å². The Hall–Kier alpha value is -3.37. The first-order valence-electron chi connectivity index (χ1n) is 9.22. The Morgan fingerprint density at radius 1 is 1.23 bits per heavy atom. The number of rotatable bonds is 5. The summed E-state index contributed by atoms with van der Waals surface area (Å²) in [6.07, 6.45) is 1.19. The number of fused-ring (bicyclic) bond motifs is 3. The van der Waals surface area contributed by atoms with Crippen LogP contribution in [0.4, 0.5) is 5.69 Å². The van der Waals surface area contributed by atoms with Crippen molar-refractivity contribution < 1.29 is 17.9 Å². The van der Waals surface area contributed by atoms with E-state index in [1.54, 1.807) is 31.2 Å². The fourth-order valence-electron chi connectivity index (χ4n) is 3.63. The maximum Gasteiger partial charge on any atom is 0.359 e. The van der Waals surface area contributed by atoms with Crippen molar-refractivity contribution in [2.45, 2.75) is 24.7 Å². The molecule has 154 valence electrons. The zero-order valence-electron chi connectivity index (χ0n) is 16.0. The third-order valence-electron chi connectivity index (χ3n) is 4.94. The molecule has 10 heteroatoms. The van der Waals surface area contributed by atoms with E-state index in [1.165, 1.54) is 16.8 Å². The van der Waals surface area contributed by atoms with E-state index in [4.69, 9.17) is 9.88 Å². The molecule has 0 radical (unpaired) electrons. The quantitative estimate of drug-likeness (QED) is 0.492. The molecular weight excluding hydrogens is 408 g/mol. The zero-order chi connectivity index (χ0) is 21.5. The molecule has 2 N–H and O–H groups in total. The molecule has 3 aromatic rings. The average molecular weight is 426 g/mol. The van der Waals surface area contributed by atoms with Crippen LogP contribution in [0.25, 0.3) is 16.9 Å². The molecule has 0 spiro atoms. The smallest absolute Gasteiger partial charge is 0.359 e. The highest BCUT2D eigenvalue weighted by Crippen LogP contribution is 2.39. The minimum atomic E-state index is -3.93. The van der Waals surface area contributed by atoms with Crippen LogP contribution >= 0.6 is 0 Å². The van der Waals surface area contributed by atoms with Crippen molar-refractivity contribution in [1.29, 1.82) is 0 Å². The van der Waals surface area contributed by atoms with Crippen molar-refractivity contribution in [3.63, 3.8) is 0 Å². The Morgan fingerprint density at radius 3 is 2.73 bits per heavy atom. The lowest BCUT2D eigenvalue weighted by Gasteiger charge is -2.19. The number of benzene rings is 2. The van der Waals surface area contributed by atoms with Gasteiger partial charge in [0, 0.05) is 11.1 Å². The number of nitrogens with zero attached hydrogens (tertiary/aromatic N) is 3. The number of nitroso groups, excluding NO2 is 1. The maximum atomic E-state index is 12.5. The fraction of sp³-hybridized carbons (Fsp3) is 0.200. The van der Waals surface area contributed by atoms with E-state index in [2.05, 4.69) is 10.3 Å². The van der Waals surface area contributed by atoms with Crippen LogP contribution in [0.5, 0.6) is 0 Å². The van der Waals surface area contributed by atoms with Crippen molar-refractivity contribution in [3.8, 4) is 16.9 Å². The average Bonchev–Trinajstić information content (AvgIpc) is 3.13. The Labute approximate surface area is 172 Å². The van der Waals surface area contributed by atoms with Gasteiger partial charge < -0.3 is 4.74 Å². The lowest BCUT2D eigenvalue weighted by molar-refractivity contribution is 0.0517. The zero-order valence-corrected chi connectivity index (χ0v) is 16.8. The summed E-state index contributed by atoms with van der Waals surface area (Å²) in [6, 6.07) is 11.0. The lowest BCUT2D eigenvalue weighted by atomic mass is 9.88. The van der Waals surface area contributed by atoms with Crippen LogP contribution < -0.4 is 5.14 Å². The number of aryl methyl sites for hydroxylation is 1. The Morgan fingerprint density at radius 2 is 2.03 bits per heavy atom. The van der Waals surface area contributed by atoms with E-state index < -0.39 is 16.0 Å². The molecule has 0 fully saturated rings. The van der Waals surface area contributed by atoms with E-state index in [-0.39, 0.29) is 22.9 Å². The largest absolute Gasteiger partial charge is 0.461 e. The molecule has 1 heterocycles. The number of esters is 1. The molecule has 0 bridgehead atoms. The summed E-state index contributed by atoms with van der Waals surface area (Å²) in [5, 5.41) is 12.7. The first kappa shape index (κ1) is 19.9. The van der Waals surface area contributed by atoms with E-state index in [0.717, 1.165) is 5.56 Å². The minimum Gasteiger partial charge on any atom is -0.461 e. The molecule has 1 aliphatic rings. The number of primary sulfonamides is 1. The van der Waals surface area contributed by atoms with Crippen LogP contribution in [0.15, 0.2) is 52.5 Å². The van der Waals surface area contributed by atoms with Gasteiger partial charge in [-0.25, -0.2) is 23.0 Å². The van der Waals surface area contributed by atoms with E-state index >= 15 is 0 Å². The van der Waals surface area contributed by atoms with Crippen molar-refractivity contribution in [3.05, 3.63) is 64.2 Å². The van der Waals surface area contributed by atoms with Crippen molar-refractivity contribution in [2.24, 2.45) is 10.3 Å². The van der Waals surface area contributed by atoms with Gasteiger partial charge in [0.2, 0.25) is 10.0 Å². The normalized spacial score (nSPS) is 12.7. The van der Waals surface area contributed by atoms with Gasteiger partial charge in [-0.2, -0.15) is 5.10 Å². The van der Waals surface area contributed by atoms with Gasteiger partial charge in [0.05, 0.1) is 22.9 Å². The van der Waals surface area contributed by atoms with Crippen LogP contribution in [-0.2, 0) is 27.6 Å². The molecule has 0 atom stereocenters. The van der Waals surface area contributed by atoms with Crippen LogP contribution in [0.1, 0.15) is 28.5 Å². The van der Waals surface area contributed by atoms with Crippen molar-refractivity contribution in [2.75, 3.05) is 6.61 Å². The Bertz CT molecular complexity index is 1280. The van der Waals surface area contributed by atoms with Gasteiger partial charge in [0.25, 0.3) is 0 Å². The molecular formula is C20H18N4O5S. The molecule has 9 nitrogen and oxygen atoms in total. The van der Waals surface area contributed by atoms with Gasteiger partial charge in [-0.15, -0.1) is 4.91 Å². The van der Waals surface area contributed by atoms with E-state index in [1.807, 2.05) is 6.07 Å². The second-order valence-electron chi connectivity index (χ2n) is 6.78. The molecule has 0 saturated heterocycles. The molecule has 2 aromatic carbocycles. The van der Waals surface area contributed by atoms with Gasteiger partial charge >= 0.3 is 5.97 Å². The molecule has 30 heavy (non-hydrogen) atoms. The highest BCUT2D eigenvalue weighted by molar-refractivity contribution is 7.89. The number of hydrogen-bond donors (Lipinski definition) is 1. The van der Waals surface area contributed by atoms with E-state index in [0.29, 0.717) is 35.3 Å². The Kier molecular flexibility index (Phi) is 4.96. The summed E-state index contributed by atoms with van der Waals surface area (Å²) in [5.74, 6) is -0.566. The number of ether oxygens (including phenoxy) is 1. The third-order valence-corrected chi connectivity index (χ3v) is 5.85.